The van der Waals surface area contributed by atoms with Gasteiger partial charge in [-0.2, -0.15) is 0 Å². The van der Waals surface area contributed by atoms with Crippen LogP contribution in [0.25, 0.3) is 0 Å². The molecule has 2 aliphatic rings. The first-order chi connectivity index (χ1) is 12.1. The van der Waals surface area contributed by atoms with Gasteiger partial charge in [-0.05, 0) is 38.5 Å². The molecule has 2 heterocycles. The van der Waals surface area contributed by atoms with Crippen LogP contribution in [-0.4, -0.2) is 46.0 Å². The minimum Gasteiger partial charge on any atom is -0.376 e. The van der Waals surface area contributed by atoms with E-state index >= 15 is 0 Å². The van der Waals surface area contributed by atoms with Crippen molar-refractivity contribution in [2.45, 2.75) is 71.1 Å². The normalized spacial score (nSPS) is 26.4. The molecule has 0 bridgehead atoms. The zero-order valence-corrected chi connectivity index (χ0v) is 18.5. The van der Waals surface area contributed by atoms with Crippen molar-refractivity contribution < 1.29 is 4.74 Å². The van der Waals surface area contributed by atoms with Gasteiger partial charge in [0.05, 0.1) is 6.10 Å². The van der Waals surface area contributed by atoms with E-state index in [0.717, 1.165) is 49.5 Å². The average Bonchev–Trinajstić information content (AvgIpc) is 3.22. The van der Waals surface area contributed by atoms with Crippen LogP contribution in [-0.2, 0) is 18.3 Å². The second-order valence-corrected chi connectivity index (χ2v) is 7.52. The molecule has 7 nitrogen and oxygen atoms in total. The van der Waals surface area contributed by atoms with E-state index in [1.807, 2.05) is 18.5 Å². The minimum atomic E-state index is 0. The number of hydrogen-bond acceptors (Lipinski definition) is 4. The molecule has 2 N–H and O–H groups in total. The number of guanidine groups is 1. The molecule has 148 valence electrons. The Kier molecular flexibility index (Phi) is 8.59. The second-order valence-electron chi connectivity index (χ2n) is 7.52. The van der Waals surface area contributed by atoms with Gasteiger partial charge in [0, 0.05) is 26.2 Å². The Balaban J connectivity index is 0.00000243. The summed E-state index contributed by atoms with van der Waals surface area (Å²) in [4.78, 5) is 4.76. The summed E-state index contributed by atoms with van der Waals surface area (Å²) in [5.41, 5.74) is 0. The summed E-state index contributed by atoms with van der Waals surface area (Å²) >= 11 is 0. The van der Waals surface area contributed by atoms with Crippen molar-refractivity contribution in [3.8, 4) is 0 Å². The molecule has 8 heteroatoms. The monoisotopic (exact) mass is 476 g/mol. The summed E-state index contributed by atoms with van der Waals surface area (Å²) in [6.07, 6.45) is 7.65. The number of aliphatic imine (C=N–C) groups is 1. The van der Waals surface area contributed by atoms with Gasteiger partial charge >= 0.3 is 0 Å². The lowest BCUT2D eigenvalue weighted by atomic mass is 9.87. The lowest BCUT2D eigenvalue weighted by Gasteiger charge is -2.29. The Morgan fingerprint density at radius 3 is 2.77 bits per heavy atom. The van der Waals surface area contributed by atoms with Crippen molar-refractivity contribution >= 4 is 29.9 Å². The fourth-order valence-corrected chi connectivity index (χ4v) is 3.67. The van der Waals surface area contributed by atoms with E-state index in [1.54, 1.807) is 0 Å². The fourth-order valence-electron chi connectivity index (χ4n) is 3.67. The number of halogens is 1. The molecule has 1 aliphatic heterocycles. The molecule has 3 unspecified atom stereocenters. The summed E-state index contributed by atoms with van der Waals surface area (Å²) in [6, 6.07) is 0.501. The van der Waals surface area contributed by atoms with E-state index in [4.69, 9.17) is 9.73 Å². The first-order valence-electron chi connectivity index (χ1n) is 9.63. The number of hydrogen-bond donors (Lipinski definition) is 2. The number of aryl methyl sites for hydroxylation is 1. The van der Waals surface area contributed by atoms with Crippen LogP contribution in [0.4, 0.5) is 0 Å². The lowest BCUT2D eigenvalue weighted by molar-refractivity contribution is 0.113. The topological polar surface area (TPSA) is 76.4 Å². The van der Waals surface area contributed by atoms with Gasteiger partial charge in [-0.3, -0.25) is 0 Å². The highest BCUT2D eigenvalue weighted by molar-refractivity contribution is 14.0. The molecule has 0 radical (unpaired) electrons. The molecular weight excluding hydrogens is 443 g/mol. The van der Waals surface area contributed by atoms with Crippen LogP contribution in [0, 0.1) is 12.8 Å². The highest BCUT2D eigenvalue weighted by Crippen LogP contribution is 2.23. The van der Waals surface area contributed by atoms with Crippen molar-refractivity contribution in [1.29, 1.82) is 0 Å². The number of rotatable bonds is 5. The van der Waals surface area contributed by atoms with Crippen LogP contribution in [0.3, 0.4) is 0 Å². The highest BCUT2D eigenvalue weighted by atomic mass is 127. The van der Waals surface area contributed by atoms with Gasteiger partial charge in [0.15, 0.2) is 11.8 Å². The van der Waals surface area contributed by atoms with Gasteiger partial charge in [0.2, 0.25) is 0 Å². The van der Waals surface area contributed by atoms with Gasteiger partial charge in [-0.15, -0.1) is 34.2 Å². The number of ether oxygens (including phenoxy) is 1. The highest BCUT2D eigenvalue weighted by Gasteiger charge is 2.21. The molecule has 3 atom stereocenters. The smallest absolute Gasteiger partial charge is 0.192 e. The quantitative estimate of drug-likeness (QED) is 0.388. The average molecular weight is 476 g/mol. The van der Waals surface area contributed by atoms with Gasteiger partial charge < -0.3 is 19.9 Å². The molecule has 26 heavy (non-hydrogen) atoms. The summed E-state index contributed by atoms with van der Waals surface area (Å²) < 4.78 is 7.71. The van der Waals surface area contributed by atoms with Crippen molar-refractivity contribution in [2.24, 2.45) is 18.0 Å². The largest absolute Gasteiger partial charge is 0.376 e. The third-order valence-electron chi connectivity index (χ3n) is 5.36. The van der Waals surface area contributed by atoms with E-state index in [-0.39, 0.29) is 24.0 Å². The van der Waals surface area contributed by atoms with E-state index in [2.05, 4.69) is 27.8 Å². The maximum Gasteiger partial charge on any atom is 0.192 e. The van der Waals surface area contributed by atoms with E-state index in [0.29, 0.717) is 18.7 Å². The van der Waals surface area contributed by atoms with Crippen LogP contribution in [0.2, 0.25) is 0 Å². The summed E-state index contributed by atoms with van der Waals surface area (Å²) in [5.74, 6) is 3.45. The van der Waals surface area contributed by atoms with E-state index in [9.17, 15) is 0 Å². The number of aromatic nitrogens is 3. The summed E-state index contributed by atoms with van der Waals surface area (Å²) in [5, 5.41) is 15.4. The third kappa shape index (κ3) is 6.07. The maximum absolute atomic E-state index is 5.72. The molecule has 3 rings (SSSR count). The van der Waals surface area contributed by atoms with E-state index in [1.165, 1.54) is 25.7 Å². The first-order valence-corrected chi connectivity index (χ1v) is 9.63. The molecule has 1 saturated carbocycles. The standard InChI is InChI=1S/C18H32N6O.HI/c1-13-6-4-7-15(10-13)21-18(19-11-16-8-5-9-25-16)20-12-17-23-22-14(2)24(17)3;/h13,15-16H,4-12H2,1-3H3,(H2,19,20,21);1H. The van der Waals surface area contributed by atoms with Crippen LogP contribution in [0.1, 0.15) is 57.1 Å². The Morgan fingerprint density at radius 2 is 2.12 bits per heavy atom. The Bertz CT molecular complexity index is 584. The SMILES string of the molecule is Cc1nnc(CN=C(NCC2CCCO2)NC2CCCC(C)C2)n1C.I. The van der Waals surface area contributed by atoms with Crippen LogP contribution < -0.4 is 10.6 Å². The van der Waals surface area contributed by atoms with E-state index < -0.39 is 0 Å². The van der Waals surface area contributed by atoms with Crippen LogP contribution in [0.5, 0.6) is 0 Å². The Morgan fingerprint density at radius 1 is 1.27 bits per heavy atom. The molecule has 1 aliphatic carbocycles. The molecule has 1 saturated heterocycles. The van der Waals surface area contributed by atoms with Crippen LogP contribution >= 0.6 is 24.0 Å². The molecule has 1 aromatic rings. The summed E-state index contributed by atoms with van der Waals surface area (Å²) in [6.45, 7) is 6.52. The minimum absolute atomic E-state index is 0. The summed E-state index contributed by atoms with van der Waals surface area (Å²) in [7, 11) is 1.98. The molecule has 0 aromatic carbocycles. The van der Waals surface area contributed by atoms with Crippen molar-refractivity contribution in [3.05, 3.63) is 11.6 Å². The van der Waals surface area contributed by atoms with Gasteiger partial charge in [0.1, 0.15) is 12.4 Å². The van der Waals surface area contributed by atoms with Gasteiger partial charge in [0.25, 0.3) is 0 Å². The maximum atomic E-state index is 5.72. The molecule has 2 fully saturated rings. The molecular formula is C18H33IN6O. The third-order valence-corrected chi connectivity index (χ3v) is 5.36. The van der Waals surface area contributed by atoms with Crippen molar-refractivity contribution in [2.75, 3.05) is 13.2 Å². The Hall–Kier alpha value is -0.900. The molecule has 0 spiro atoms. The molecule has 0 amide bonds. The van der Waals surface area contributed by atoms with Crippen molar-refractivity contribution in [3.63, 3.8) is 0 Å². The first kappa shape index (κ1) is 21.4. The molecule has 1 aromatic heterocycles. The number of nitrogens with one attached hydrogen (secondary N) is 2. The fraction of sp³-hybridized carbons (Fsp3) is 0.833. The zero-order valence-electron chi connectivity index (χ0n) is 16.2. The number of nitrogens with zero attached hydrogens (tertiary/aromatic N) is 4. The lowest BCUT2D eigenvalue weighted by Crippen LogP contribution is -2.47. The van der Waals surface area contributed by atoms with Crippen LogP contribution in [0.15, 0.2) is 4.99 Å². The Labute approximate surface area is 173 Å². The zero-order chi connectivity index (χ0) is 17.6. The van der Waals surface area contributed by atoms with Gasteiger partial charge in [-0.1, -0.05) is 19.8 Å². The predicted molar refractivity (Wildman–Crippen MR) is 114 cm³/mol. The van der Waals surface area contributed by atoms with Gasteiger partial charge in [-0.25, -0.2) is 4.99 Å². The second kappa shape index (κ2) is 10.4. The van der Waals surface area contributed by atoms with Crippen molar-refractivity contribution in [1.82, 2.24) is 25.4 Å². The predicted octanol–water partition coefficient (Wildman–Crippen LogP) is 2.53.